The molecule has 0 saturated carbocycles. The van der Waals surface area contributed by atoms with Crippen LogP contribution in [0, 0.1) is 11.8 Å². The van der Waals surface area contributed by atoms with Crippen LogP contribution in [0.4, 0.5) is 22.0 Å². The molecular formula is C20H11F5N4O2S2. The number of alkyl halides is 5. The minimum atomic E-state index is -4.53. The Morgan fingerprint density at radius 1 is 1.03 bits per heavy atom. The molecule has 0 radical (unpaired) electrons. The molecule has 4 rings (SSSR count). The molecule has 6 nitrogen and oxygen atoms in total. The number of nitrogens with two attached hydrogens (primary N) is 1. The van der Waals surface area contributed by atoms with Crippen molar-refractivity contribution in [2.24, 2.45) is 5.14 Å². The molecule has 2 N–H and O–H groups in total. The van der Waals surface area contributed by atoms with E-state index in [0.717, 1.165) is 46.2 Å². The Kier molecular flexibility index (Phi) is 5.69. The van der Waals surface area contributed by atoms with Gasteiger partial charge in [-0.05, 0) is 42.2 Å². The van der Waals surface area contributed by atoms with Crippen LogP contribution in [0.25, 0.3) is 16.9 Å². The number of thiophene rings is 1. The average molecular weight is 498 g/mol. The number of halogens is 5. The van der Waals surface area contributed by atoms with E-state index in [1.54, 1.807) is 0 Å². The lowest BCUT2D eigenvalue weighted by atomic mass is 10.1. The van der Waals surface area contributed by atoms with Crippen molar-refractivity contribution in [2.75, 3.05) is 0 Å². The number of fused-ring (bicyclic) bond motifs is 1. The Hall–Kier alpha value is -3.34. The lowest BCUT2D eigenvalue weighted by molar-refractivity contribution is -0.137. The maximum atomic E-state index is 13.6. The van der Waals surface area contributed by atoms with E-state index in [-0.39, 0.29) is 26.8 Å². The molecule has 0 aliphatic rings. The highest BCUT2D eigenvalue weighted by Gasteiger charge is 2.30. The van der Waals surface area contributed by atoms with Crippen molar-refractivity contribution >= 4 is 27.0 Å². The van der Waals surface area contributed by atoms with Crippen LogP contribution in [-0.4, -0.2) is 23.0 Å². The summed E-state index contributed by atoms with van der Waals surface area (Å²) in [6.07, 6.45) is -7.47. The zero-order valence-corrected chi connectivity index (χ0v) is 17.8. The van der Waals surface area contributed by atoms with Gasteiger partial charge in [0, 0.05) is 11.6 Å². The minimum Gasteiger partial charge on any atom is -0.228 e. The molecule has 4 aromatic rings. The van der Waals surface area contributed by atoms with Crippen molar-refractivity contribution < 1.29 is 30.4 Å². The van der Waals surface area contributed by atoms with Crippen LogP contribution in [0.1, 0.15) is 28.3 Å². The Bertz CT molecular complexity index is 1510. The van der Waals surface area contributed by atoms with Crippen molar-refractivity contribution in [2.45, 2.75) is 16.8 Å². The van der Waals surface area contributed by atoms with E-state index in [0.29, 0.717) is 4.88 Å². The number of hydrogen-bond acceptors (Lipinski definition) is 5. The fourth-order valence-corrected chi connectivity index (χ4v) is 4.44. The molecule has 0 unspecified atom stereocenters. The van der Waals surface area contributed by atoms with E-state index >= 15 is 0 Å². The first-order valence-electron chi connectivity index (χ1n) is 8.93. The van der Waals surface area contributed by atoms with Crippen LogP contribution < -0.4 is 5.14 Å². The first-order chi connectivity index (χ1) is 15.4. The third-order valence-corrected chi connectivity index (χ3v) is 6.80. The standard InChI is InChI=1S/C20H11F5N4O2S2/c21-19(22)16-10-15(11-1-3-12(4-2-11)20(23,24)25)27-17-9-13(28-29(16)17)5-6-14-7-8-18(32-14)33(26,30)31/h1-4,7-10,19H,(H2,26,30,31). The summed E-state index contributed by atoms with van der Waals surface area (Å²) in [6.45, 7) is 0. The van der Waals surface area contributed by atoms with Crippen LogP contribution in [0.5, 0.6) is 0 Å². The quantitative estimate of drug-likeness (QED) is 0.334. The molecule has 3 heterocycles. The second-order valence-corrected chi connectivity index (χ2v) is 9.53. The summed E-state index contributed by atoms with van der Waals surface area (Å²) >= 11 is 0.840. The summed E-state index contributed by atoms with van der Waals surface area (Å²) < 4.78 is 89.2. The van der Waals surface area contributed by atoms with Gasteiger partial charge in [-0.3, -0.25) is 0 Å². The molecule has 33 heavy (non-hydrogen) atoms. The van der Waals surface area contributed by atoms with Gasteiger partial charge in [0.1, 0.15) is 15.6 Å². The van der Waals surface area contributed by atoms with Crippen LogP contribution in [-0.2, 0) is 16.2 Å². The highest BCUT2D eigenvalue weighted by Crippen LogP contribution is 2.32. The highest BCUT2D eigenvalue weighted by molar-refractivity contribution is 7.91. The highest BCUT2D eigenvalue weighted by atomic mass is 32.2. The molecule has 0 spiro atoms. The normalized spacial score (nSPS) is 12.2. The molecule has 0 aliphatic heterocycles. The molecule has 3 aromatic heterocycles. The van der Waals surface area contributed by atoms with Gasteiger partial charge in [0.2, 0.25) is 10.0 Å². The monoisotopic (exact) mass is 498 g/mol. The van der Waals surface area contributed by atoms with Crippen molar-refractivity contribution in [3.63, 3.8) is 0 Å². The topological polar surface area (TPSA) is 90.4 Å². The summed E-state index contributed by atoms with van der Waals surface area (Å²) in [7, 11) is -3.87. The molecule has 1 aromatic carbocycles. The Balaban J connectivity index is 1.73. The van der Waals surface area contributed by atoms with Crippen LogP contribution in [0.15, 0.2) is 52.7 Å². The minimum absolute atomic E-state index is 0.0170. The molecule has 0 bridgehead atoms. The Morgan fingerprint density at radius 3 is 2.30 bits per heavy atom. The van der Waals surface area contributed by atoms with Crippen molar-refractivity contribution in [3.05, 3.63) is 70.4 Å². The number of benzene rings is 1. The molecule has 0 fully saturated rings. The summed E-state index contributed by atoms with van der Waals surface area (Å²) in [4.78, 5) is 4.58. The number of nitrogens with zero attached hydrogens (tertiary/aromatic N) is 3. The van der Waals surface area contributed by atoms with Gasteiger partial charge in [-0.25, -0.2) is 31.8 Å². The van der Waals surface area contributed by atoms with E-state index in [9.17, 15) is 30.4 Å². The van der Waals surface area contributed by atoms with Crippen molar-refractivity contribution in [1.82, 2.24) is 14.6 Å². The summed E-state index contributed by atoms with van der Waals surface area (Å²) in [5, 5.41) is 9.05. The average Bonchev–Trinajstić information content (AvgIpc) is 3.37. The number of hydrogen-bond donors (Lipinski definition) is 1. The first kappa shape index (κ1) is 22.8. The van der Waals surface area contributed by atoms with E-state index in [1.165, 1.54) is 18.2 Å². The van der Waals surface area contributed by atoms with E-state index < -0.39 is 33.9 Å². The van der Waals surface area contributed by atoms with Gasteiger partial charge in [0.15, 0.2) is 5.65 Å². The molecule has 0 saturated heterocycles. The van der Waals surface area contributed by atoms with Gasteiger partial charge in [-0.1, -0.05) is 12.1 Å². The predicted octanol–water partition coefficient (Wildman–Crippen LogP) is 4.46. The van der Waals surface area contributed by atoms with Gasteiger partial charge >= 0.3 is 6.18 Å². The van der Waals surface area contributed by atoms with Crippen LogP contribution in [0.3, 0.4) is 0 Å². The maximum absolute atomic E-state index is 13.6. The zero-order chi connectivity index (χ0) is 24.0. The third-order valence-electron chi connectivity index (χ3n) is 4.36. The van der Waals surface area contributed by atoms with Crippen LogP contribution in [0.2, 0.25) is 0 Å². The zero-order valence-electron chi connectivity index (χ0n) is 16.1. The molecule has 13 heteroatoms. The summed E-state index contributed by atoms with van der Waals surface area (Å²) in [5.74, 6) is 5.33. The number of sulfonamides is 1. The van der Waals surface area contributed by atoms with Gasteiger partial charge in [-0.2, -0.15) is 18.3 Å². The van der Waals surface area contributed by atoms with E-state index in [2.05, 4.69) is 21.9 Å². The summed E-state index contributed by atoms with van der Waals surface area (Å²) in [5.41, 5.74) is -1.03. The van der Waals surface area contributed by atoms with Gasteiger partial charge < -0.3 is 0 Å². The maximum Gasteiger partial charge on any atom is 0.416 e. The number of primary sulfonamides is 1. The lowest BCUT2D eigenvalue weighted by Crippen LogP contribution is -2.09. The number of aromatic nitrogens is 3. The SMILES string of the molecule is NS(=O)(=O)c1ccc(C#Cc2cc3nc(-c4ccc(C(F)(F)F)cc4)cc(C(F)F)n3n2)s1. The fourth-order valence-electron chi connectivity index (χ4n) is 2.86. The fraction of sp³-hybridized carbons (Fsp3) is 0.100. The molecule has 0 atom stereocenters. The summed E-state index contributed by atoms with van der Waals surface area (Å²) in [6, 6.07) is 9.09. The second-order valence-electron chi connectivity index (χ2n) is 6.66. The predicted molar refractivity (Wildman–Crippen MR) is 110 cm³/mol. The molecule has 170 valence electrons. The Morgan fingerprint density at radius 2 is 1.73 bits per heavy atom. The van der Waals surface area contributed by atoms with Gasteiger partial charge in [-0.15, -0.1) is 11.3 Å². The molecular weight excluding hydrogens is 487 g/mol. The van der Waals surface area contributed by atoms with Crippen molar-refractivity contribution in [3.8, 4) is 23.1 Å². The Labute approximate surface area is 187 Å². The molecule has 0 amide bonds. The lowest BCUT2D eigenvalue weighted by Gasteiger charge is -2.09. The third kappa shape index (κ3) is 4.87. The first-order valence-corrected chi connectivity index (χ1v) is 11.3. The van der Waals surface area contributed by atoms with Gasteiger partial charge in [0.05, 0.1) is 16.1 Å². The smallest absolute Gasteiger partial charge is 0.228 e. The molecule has 0 aliphatic carbocycles. The number of rotatable bonds is 3. The largest absolute Gasteiger partial charge is 0.416 e. The van der Waals surface area contributed by atoms with Gasteiger partial charge in [0.25, 0.3) is 6.43 Å². The van der Waals surface area contributed by atoms with E-state index in [4.69, 9.17) is 5.14 Å². The van der Waals surface area contributed by atoms with E-state index in [1.807, 2.05) is 0 Å². The van der Waals surface area contributed by atoms with Crippen molar-refractivity contribution in [1.29, 1.82) is 0 Å². The van der Waals surface area contributed by atoms with Crippen LogP contribution >= 0.6 is 11.3 Å². The second kappa shape index (κ2) is 8.22.